The molecular formula is C22H19ClN2O2S. The first-order chi connectivity index (χ1) is 13.5. The van der Waals surface area contributed by atoms with Gasteiger partial charge in [0, 0.05) is 16.4 Å². The molecule has 1 aliphatic heterocycles. The number of piperazine rings is 1. The van der Waals surface area contributed by atoms with Crippen LogP contribution in [-0.2, 0) is 9.59 Å². The molecule has 0 aliphatic carbocycles. The topological polar surface area (TPSA) is 40.6 Å². The Bertz CT molecular complexity index is 1030. The predicted molar refractivity (Wildman–Crippen MR) is 114 cm³/mol. The molecule has 0 radical (unpaired) electrons. The van der Waals surface area contributed by atoms with Crippen molar-refractivity contribution in [2.75, 3.05) is 16.3 Å². The monoisotopic (exact) mass is 410 g/mol. The summed E-state index contributed by atoms with van der Waals surface area (Å²) in [7, 11) is 0. The van der Waals surface area contributed by atoms with Crippen molar-refractivity contribution in [3.63, 3.8) is 0 Å². The minimum absolute atomic E-state index is 0.00634. The van der Waals surface area contributed by atoms with Crippen molar-refractivity contribution in [1.82, 2.24) is 0 Å². The van der Waals surface area contributed by atoms with Crippen LogP contribution in [-0.4, -0.2) is 18.4 Å². The molecule has 1 saturated heterocycles. The molecule has 0 saturated carbocycles. The average Bonchev–Trinajstić information content (AvgIpc) is 3.21. The Hall–Kier alpha value is -2.63. The van der Waals surface area contributed by atoms with Gasteiger partial charge in [-0.3, -0.25) is 14.5 Å². The van der Waals surface area contributed by atoms with Gasteiger partial charge < -0.3 is 4.90 Å². The van der Waals surface area contributed by atoms with E-state index in [1.165, 1.54) is 11.3 Å². The standard InChI is InChI=1S/C22H19ClN2O2S/c1-14-4-3-5-19(15(14)2)24-12-20(26)25(18-8-6-17(23)7-9-18)21(22(24)27)16-10-11-28-13-16/h3-11,13,21H,12H2,1-2H3/t21-/m1/s1. The first-order valence-electron chi connectivity index (χ1n) is 8.94. The molecule has 0 unspecified atom stereocenters. The van der Waals surface area contributed by atoms with E-state index >= 15 is 0 Å². The van der Waals surface area contributed by atoms with Crippen LogP contribution < -0.4 is 9.80 Å². The molecule has 0 N–H and O–H groups in total. The average molecular weight is 411 g/mol. The molecule has 28 heavy (non-hydrogen) atoms. The highest BCUT2D eigenvalue weighted by Gasteiger charge is 2.42. The SMILES string of the molecule is Cc1cccc(N2CC(=O)N(c3ccc(Cl)cc3)[C@H](c3ccsc3)C2=O)c1C. The third kappa shape index (κ3) is 3.21. The highest BCUT2D eigenvalue weighted by Crippen LogP contribution is 2.36. The van der Waals surface area contributed by atoms with E-state index in [0.717, 1.165) is 22.4 Å². The second-order valence-corrected chi connectivity index (χ2v) is 8.06. The van der Waals surface area contributed by atoms with Crippen molar-refractivity contribution in [2.24, 2.45) is 0 Å². The number of hydrogen-bond acceptors (Lipinski definition) is 3. The third-order valence-corrected chi connectivity index (χ3v) is 6.10. The number of anilines is 2. The summed E-state index contributed by atoms with van der Waals surface area (Å²) in [4.78, 5) is 30.0. The number of rotatable bonds is 3. The highest BCUT2D eigenvalue weighted by molar-refractivity contribution is 7.08. The van der Waals surface area contributed by atoms with E-state index in [-0.39, 0.29) is 18.4 Å². The van der Waals surface area contributed by atoms with Gasteiger partial charge in [-0.25, -0.2) is 0 Å². The van der Waals surface area contributed by atoms with Crippen LogP contribution in [0.2, 0.25) is 5.02 Å². The summed E-state index contributed by atoms with van der Waals surface area (Å²) in [5.41, 5.74) is 4.36. The molecule has 0 bridgehead atoms. The minimum atomic E-state index is -0.700. The van der Waals surface area contributed by atoms with Gasteiger partial charge in [-0.05, 0) is 77.7 Å². The molecule has 0 spiro atoms. The van der Waals surface area contributed by atoms with Gasteiger partial charge in [-0.2, -0.15) is 11.3 Å². The van der Waals surface area contributed by atoms with Crippen molar-refractivity contribution in [1.29, 1.82) is 0 Å². The maximum absolute atomic E-state index is 13.6. The molecular weight excluding hydrogens is 392 g/mol. The quantitative estimate of drug-likeness (QED) is 0.599. The molecule has 4 rings (SSSR count). The molecule has 1 aliphatic rings. The Morgan fingerprint density at radius 3 is 2.46 bits per heavy atom. The lowest BCUT2D eigenvalue weighted by molar-refractivity contribution is -0.128. The van der Waals surface area contributed by atoms with E-state index < -0.39 is 6.04 Å². The van der Waals surface area contributed by atoms with Crippen LogP contribution in [0.5, 0.6) is 0 Å². The van der Waals surface area contributed by atoms with Gasteiger partial charge in [0.05, 0.1) is 0 Å². The Labute approximate surface area is 173 Å². The zero-order valence-electron chi connectivity index (χ0n) is 15.6. The number of thiophene rings is 1. The summed E-state index contributed by atoms with van der Waals surface area (Å²) in [6.07, 6.45) is 0. The highest BCUT2D eigenvalue weighted by atomic mass is 35.5. The fourth-order valence-electron chi connectivity index (χ4n) is 3.54. The summed E-state index contributed by atoms with van der Waals surface area (Å²) < 4.78 is 0. The number of aryl methyl sites for hydroxylation is 1. The fraction of sp³-hybridized carbons (Fsp3) is 0.182. The van der Waals surface area contributed by atoms with Crippen molar-refractivity contribution < 1.29 is 9.59 Å². The lowest BCUT2D eigenvalue weighted by atomic mass is 10.00. The van der Waals surface area contributed by atoms with Gasteiger partial charge >= 0.3 is 0 Å². The molecule has 1 atom stereocenters. The largest absolute Gasteiger partial charge is 0.301 e. The van der Waals surface area contributed by atoms with Crippen molar-refractivity contribution in [2.45, 2.75) is 19.9 Å². The lowest BCUT2D eigenvalue weighted by Crippen LogP contribution is -2.56. The third-order valence-electron chi connectivity index (χ3n) is 5.15. The van der Waals surface area contributed by atoms with Crippen LogP contribution in [0.3, 0.4) is 0 Å². The van der Waals surface area contributed by atoms with Gasteiger partial charge in [-0.1, -0.05) is 23.7 Å². The Kier molecular flexibility index (Phi) is 4.96. The Morgan fingerprint density at radius 1 is 1.04 bits per heavy atom. The maximum atomic E-state index is 13.6. The summed E-state index contributed by atoms with van der Waals surface area (Å²) >= 11 is 7.52. The van der Waals surface area contributed by atoms with E-state index in [9.17, 15) is 9.59 Å². The summed E-state index contributed by atoms with van der Waals surface area (Å²) in [6.45, 7) is 3.99. The fourth-order valence-corrected chi connectivity index (χ4v) is 4.35. The van der Waals surface area contributed by atoms with Gasteiger partial charge in [0.2, 0.25) is 5.91 Å². The number of nitrogens with zero attached hydrogens (tertiary/aromatic N) is 2. The molecule has 2 aromatic carbocycles. The Morgan fingerprint density at radius 2 is 1.79 bits per heavy atom. The van der Waals surface area contributed by atoms with E-state index in [4.69, 9.17) is 11.6 Å². The zero-order valence-corrected chi connectivity index (χ0v) is 17.1. The van der Waals surface area contributed by atoms with Gasteiger partial charge in [0.25, 0.3) is 5.91 Å². The van der Waals surface area contributed by atoms with E-state index in [1.54, 1.807) is 34.1 Å². The van der Waals surface area contributed by atoms with E-state index in [2.05, 4.69) is 0 Å². The second-order valence-electron chi connectivity index (χ2n) is 6.84. The number of hydrogen-bond donors (Lipinski definition) is 0. The molecule has 1 fully saturated rings. The summed E-state index contributed by atoms with van der Waals surface area (Å²) in [5.74, 6) is -0.235. The zero-order chi connectivity index (χ0) is 19.8. The van der Waals surface area contributed by atoms with Crippen molar-refractivity contribution in [3.05, 3.63) is 81.0 Å². The Balaban J connectivity index is 1.81. The van der Waals surface area contributed by atoms with E-state index in [0.29, 0.717) is 10.7 Å². The predicted octanol–water partition coefficient (Wildman–Crippen LogP) is 5.14. The molecule has 3 aromatic rings. The van der Waals surface area contributed by atoms with Crippen LogP contribution in [0.25, 0.3) is 0 Å². The van der Waals surface area contributed by atoms with Crippen LogP contribution in [0.4, 0.5) is 11.4 Å². The summed E-state index contributed by atoms with van der Waals surface area (Å²) in [6, 6.07) is 14.0. The van der Waals surface area contributed by atoms with Gasteiger partial charge in [-0.15, -0.1) is 0 Å². The van der Waals surface area contributed by atoms with Crippen LogP contribution in [0, 0.1) is 13.8 Å². The molecule has 2 heterocycles. The molecule has 142 valence electrons. The first-order valence-corrected chi connectivity index (χ1v) is 10.3. The smallest absolute Gasteiger partial charge is 0.255 e. The molecule has 1 aromatic heterocycles. The lowest BCUT2D eigenvalue weighted by Gasteiger charge is -2.40. The maximum Gasteiger partial charge on any atom is 0.255 e. The normalized spacial score (nSPS) is 17.3. The first kappa shape index (κ1) is 18.7. The van der Waals surface area contributed by atoms with Crippen LogP contribution >= 0.6 is 22.9 Å². The van der Waals surface area contributed by atoms with Crippen LogP contribution in [0.15, 0.2) is 59.3 Å². The number of carbonyl (C=O) groups excluding carboxylic acids is 2. The number of benzene rings is 2. The minimum Gasteiger partial charge on any atom is -0.301 e. The second kappa shape index (κ2) is 7.41. The number of halogens is 1. The molecule has 6 heteroatoms. The van der Waals surface area contributed by atoms with Crippen LogP contribution in [0.1, 0.15) is 22.7 Å². The van der Waals surface area contributed by atoms with E-state index in [1.807, 2.05) is 48.9 Å². The van der Waals surface area contributed by atoms with Gasteiger partial charge in [0.15, 0.2) is 0 Å². The van der Waals surface area contributed by atoms with Gasteiger partial charge in [0.1, 0.15) is 12.6 Å². The number of amides is 2. The summed E-state index contributed by atoms with van der Waals surface area (Å²) in [5, 5.41) is 4.43. The molecule has 2 amide bonds. The van der Waals surface area contributed by atoms with Crippen molar-refractivity contribution >= 4 is 46.1 Å². The number of carbonyl (C=O) groups is 2. The van der Waals surface area contributed by atoms with Crippen molar-refractivity contribution in [3.8, 4) is 0 Å². The molecule has 4 nitrogen and oxygen atoms in total.